The number of hydrogen-bond acceptors (Lipinski definition) is 4. The minimum absolute atomic E-state index is 0.0529. The quantitative estimate of drug-likeness (QED) is 0.924. The molecule has 2 aliphatic heterocycles. The molecule has 21 heavy (non-hydrogen) atoms. The van der Waals surface area contributed by atoms with E-state index in [9.17, 15) is 4.79 Å². The third-order valence-corrected chi connectivity index (χ3v) is 5.37. The summed E-state index contributed by atoms with van der Waals surface area (Å²) in [4.78, 5) is 17.1. The monoisotopic (exact) mass is 307 g/mol. The Bertz CT molecular complexity index is 454. The van der Waals surface area contributed by atoms with E-state index in [0.29, 0.717) is 11.8 Å². The second-order valence-electron chi connectivity index (χ2n) is 6.37. The standard InChI is InChI=1S/C16H25N3OS/c1-13-2-4-17-15(10-13)16(20)19-7-5-18(6-8-19)11-14-3-9-21-12-14/h3,9,12-13,15,17H,2,4-8,10-11H2,1H3. The second kappa shape index (κ2) is 6.90. The fourth-order valence-electron chi connectivity index (χ4n) is 3.28. The molecule has 5 heteroatoms. The van der Waals surface area contributed by atoms with Crippen molar-refractivity contribution in [3.8, 4) is 0 Å². The molecule has 2 unspecified atom stereocenters. The lowest BCUT2D eigenvalue weighted by molar-refractivity contribution is -0.136. The number of rotatable bonds is 3. The summed E-state index contributed by atoms with van der Waals surface area (Å²) < 4.78 is 0. The summed E-state index contributed by atoms with van der Waals surface area (Å²) in [5.41, 5.74) is 1.39. The fourth-order valence-corrected chi connectivity index (χ4v) is 3.94. The number of amides is 1. The Labute approximate surface area is 131 Å². The Balaban J connectivity index is 1.47. The molecule has 2 atom stereocenters. The normalized spacial score (nSPS) is 27.8. The van der Waals surface area contributed by atoms with Gasteiger partial charge in [0.05, 0.1) is 6.04 Å². The molecule has 0 spiro atoms. The molecule has 2 fully saturated rings. The summed E-state index contributed by atoms with van der Waals surface area (Å²) in [6.07, 6.45) is 2.19. The van der Waals surface area contributed by atoms with Crippen molar-refractivity contribution >= 4 is 17.2 Å². The Hall–Kier alpha value is -0.910. The maximum absolute atomic E-state index is 12.6. The van der Waals surface area contributed by atoms with Gasteiger partial charge in [0, 0.05) is 32.7 Å². The molecular formula is C16H25N3OS. The van der Waals surface area contributed by atoms with Gasteiger partial charge in [-0.2, -0.15) is 11.3 Å². The van der Waals surface area contributed by atoms with Gasteiger partial charge in [-0.1, -0.05) is 6.92 Å². The van der Waals surface area contributed by atoms with Gasteiger partial charge in [0.2, 0.25) is 5.91 Å². The highest BCUT2D eigenvalue weighted by Gasteiger charge is 2.30. The van der Waals surface area contributed by atoms with Gasteiger partial charge in [-0.3, -0.25) is 9.69 Å². The molecule has 1 aromatic heterocycles. The molecule has 2 saturated heterocycles. The highest BCUT2D eigenvalue weighted by atomic mass is 32.1. The van der Waals surface area contributed by atoms with Crippen molar-refractivity contribution in [3.63, 3.8) is 0 Å². The molecule has 2 aliphatic rings. The molecule has 0 radical (unpaired) electrons. The van der Waals surface area contributed by atoms with Gasteiger partial charge in [0.25, 0.3) is 0 Å². The molecule has 3 rings (SSSR count). The lowest BCUT2D eigenvalue weighted by Crippen LogP contribution is -2.55. The summed E-state index contributed by atoms with van der Waals surface area (Å²) in [5, 5.41) is 7.73. The van der Waals surface area contributed by atoms with Crippen molar-refractivity contribution in [1.29, 1.82) is 0 Å². The Morgan fingerprint density at radius 2 is 2.19 bits per heavy atom. The first-order valence-electron chi connectivity index (χ1n) is 7.98. The van der Waals surface area contributed by atoms with Gasteiger partial charge in [0.1, 0.15) is 0 Å². The Kier molecular flexibility index (Phi) is 4.93. The lowest BCUT2D eigenvalue weighted by atomic mass is 9.93. The smallest absolute Gasteiger partial charge is 0.239 e. The average Bonchev–Trinajstić information content (AvgIpc) is 3.00. The molecule has 116 valence electrons. The van der Waals surface area contributed by atoms with Gasteiger partial charge in [0.15, 0.2) is 0 Å². The van der Waals surface area contributed by atoms with E-state index >= 15 is 0 Å². The highest BCUT2D eigenvalue weighted by Crippen LogP contribution is 2.18. The van der Waals surface area contributed by atoms with Crippen molar-refractivity contribution in [2.45, 2.75) is 32.4 Å². The molecule has 1 N–H and O–H groups in total. The van der Waals surface area contributed by atoms with Crippen LogP contribution in [0.25, 0.3) is 0 Å². The van der Waals surface area contributed by atoms with Crippen LogP contribution in [0.5, 0.6) is 0 Å². The number of nitrogens with zero attached hydrogens (tertiary/aromatic N) is 2. The second-order valence-corrected chi connectivity index (χ2v) is 7.15. The number of piperazine rings is 1. The molecule has 0 saturated carbocycles. The van der Waals surface area contributed by atoms with Crippen LogP contribution in [0.2, 0.25) is 0 Å². The molecule has 3 heterocycles. The summed E-state index contributed by atoms with van der Waals surface area (Å²) in [6, 6.07) is 2.24. The maximum Gasteiger partial charge on any atom is 0.239 e. The van der Waals surface area contributed by atoms with E-state index in [4.69, 9.17) is 0 Å². The van der Waals surface area contributed by atoms with Crippen molar-refractivity contribution in [2.24, 2.45) is 5.92 Å². The zero-order chi connectivity index (χ0) is 14.7. The third kappa shape index (κ3) is 3.84. The van der Waals surface area contributed by atoms with Crippen LogP contribution < -0.4 is 5.32 Å². The van der Waals surface area contributed by atoms with E-state index in [1.165, 1.54) is 12.0 Å². The predicted molar refractivity (Wildman–Crippen MR) is 86.4 cm³/mol. The number of nitrogens with one attached hydrogen (secondary N) is 1. The Morgan fingerprint density at radius 1 is 1.38 bits per heavy atom. The molecule has 0 aromatic carbocycles. The van der Waals surface area contributed by atoms with E-state index in [0.717, 1.165) is 45.7 Å². The number of thiophene rings is 1. The van der Waals surface area contributed by atoms with Crippen molar-refractivity contribution in [1.82, 2.24) is 15.1 Å². The number of carbonyl (C=O) groups excluding carboxylic acids is 1. The predicted octanol–water partition coefficient (Wildman–Crippen LogP) is 1.78. The molecule has 4 nitrogen and oxygen atoms in total. The zero-order valence-corrected chi connectivity index (χ0v) is 13.6. The summed E-state index contributed by atoms with van der Waals surface area (Å²) in [6.45, 7) is 7.97. The van der Waals surface area contributed by atoms with E-state index in [-0.39, 0.29) is 6.04 Å². The van der Waals surface area contributed by atoms with Gasteiger partial charge < -0.3 is 10.2 Å². The fraction of sp³-hybridized carbons (Fsp3) is 0.688. The maximum atomic E-state index is 12.6. The van der Waals surface area contributed by atoms with Crippen LogP contribution in [-0.4, -0.2) is 54.5 Å². The van der Waals surface area contributed by atoms with Crippen LogP contribution in [-0.2, 0) is 11.3 Å². The van der Waals surface area contributed by atoms with Crippen LogP contribution in [0.15, 0.2) is 16.8 Å². The largest absolute Gasteiger partial charge is 0.339 e. The van der Waals surface area contributed by atoms with Crippen LogP contribution >= 0.6 is 11.3 Å². The van der Waals surface area contributed by atoms with Crippen molar-refractivity contribution in [3.05, 3.63) is 22.4 Å². The first kappa shape index (κ1) is 15.0. The van der Waals surface area contributed by atoms with E-state index < -0.39 is 0 Å². The van der Waals surface area contributed by atoms with Gasteiger partial charge in [-0.05, 0) is 47.7 Å². The summed E-state index contributed by atoms with van der Waals surface area (Å²) in [5.74, 6) is 0.983. The first-order chi connectivity index (χ1) is 10.2. The minimum Gasteiger partial charge on any atom is -0.339 e. The van der Waals surface area contributed by atoms with Gasteiger partial charge in [-0.15, -0.1) is 0 Å². The summed E-state index contributed by atoms with van der Waals surface area (Å²) >= 11 is 1.75. The van der Waals surface area contributed by atoms with Crippen LogP contribution in [0, 0.1) is 5.92 Å². The average molecular weight is 307 g/mol. The third-order valence-electron chi connectivity index (χ3n) is 4.63. The van der Waals surface area contributed by atoms with E-state index in [2.05, 4.69) is 38.9 Å². The van der Waals surface area contributed by atoms with Crippen LogP contribution in [0.3, 0.4) is 0 Å². The van der Waals surface area contributed by atoms with E-state index in [1.807, 2.05) is 0 Å². The molecule has 1 amide bonds. The number of carbonyl (C=O) groups is 1. The van der Waals surface area contributed by atoms with Crippen LogP contribution in [0.1, 0.15) is 25.3 Å². The lowest BCUT2D eigenvalue weighted by Gasteiger charge is -2.38. The van der Waals surface area contributed by atoms with Crippen LogP contribution in [0.4, 0.5) is 0 Å². The molecule has 0 aliphatic carbocycles. The topological polar surface area (TPSA) is 35.6 Å². The number of hydrogen-bond donors (Lipinski definition) is 1. The highest BCUT2D eigenvalue weighted by molar-refractivity contribution is 7.07. The molecular weight excluding hydrogens is 282 g/mol. The molecule has 1 aromatic rings. The summed E-state index contributed by atoms with van der Waals surface area (Å²) in [7, 11) is 0. The van der Waals surface area contributed by atoms with Crippen molar-refractivity contribution in [2.75, 3.05) is 32.7 Å². The Morgan fingerprint density at radius 3 is 2.86 bits per heavy atom. The van der Waals surface area contributed by atoms with E-state index in [1.54, 1.807) is 11.3 Å². The van der Waals surface area contributed by atoms with Crippen molar-refractivity contribution < 1.29 is 4.79 Å². The first-order valence-corrected chi connectivity index (χ1v) is 8.92. The van der Waals surface area contributed by atoms with Gasteiger partial charge >= 0.3 is 0 Å². The molecule has 0 bridgehead atoms. The number of piperidine rings is 1. The minimum atomic E-state index is 0.0529. The van der Waals surface area contributed by atoms with Gasteiger partial charge in [-0.25, -0.2) is 0 Å². The zero-order valence-electron chi connectivity index (χ0n) is 12.8. The SMILES string of the molecule is CC1CCNC(C(=O)N2CCN(Cc3ccsc3)CC2)C1.